The summed E-state index contributed by atoms with van der Waals surface area (Å²) < 4.78 is 15.5. The lowest BCUT2D eigenvalue weighted by Crippen LogP contribution is -2.04. The van der Waals surface area contributed by atoms with Gasteiger partial charge >= 0.3 is 5.97 Å². The van der Waals surface area contributed by atoms with Gasteiger partial charge in [-0.1, -0.05) is 13.0 Å². The van der Waals surface area contributed by atoms with E-state index < -0.39 is 0 Å². The van der Waals surface area contributed by atoms with Crippen LogP contribution in [0.1, 0.15) is 19.4 Å². The van der Waals surface area contributed by atoms with Crippen LogP contribution in [-0.2, 0) is 16.0 Å². The Labute approximate surface area is 114 Å². The van der Waals surface area contributed by atoms with Gasteiger partial charge in [-0.15, -0.1) is 0 Å². The first kappa shape index (κ1) is 15.1. The Balaban J connectivity index is 2.70. The molecule has 0 radical (unpaired) electrons. The Morgan fingerprint density at radius 2 is 2.00 bits per heavy atom. The predicted octanol–water partition coefficient (Wildman–Crippen LogP) is 2.76. The standard InChI is InChI=1S/C15H20O4/c1-5-12-6-7-13(14(10-12)17-3)19-9-8-11(2)15(16)18-4/h6-8,10H,5,9H2,1-4H3/b11-8-. The number of benzene rings is 1. The highest BCUT2D eigenvalue weighted by molar-refractivity contribution is 5.87. The maximum Gasteiger partial charge on any atom is 0.333 e. The van der Waals surface area contributed by atoms with E-state index in [-0.39, 0.29) is 5.97 Å². The van der Waals surface area contributed by atoms with Gasteiger partial charge in [-0.3, -0.25) is 0 Å². The second-order valence-electron chi connectivity index (χ2n) is 4.03. The van der Waals surface area contributed by atoms with Crippen LogP contribution in [-0.4, -0.2) is 26.8 Å². The molecule has 0 N–H and O–H groups in total. The first-order valence-electron chi connectivity index (χ1n) is 6.17. The molecule has 0 saturated carbocycles. The quantitative estimate of drug-likeness (QED) is 0.585. The lowest BCUT2D eigenvalue weighted by atomic mass is 10.1. The Hall–Kier alpha value is -1.97. The summed E-state index contributed by atoms with van der Waals surface area (Å²) in [6.45, 7) is 4.06. The maximum atomic E-state index is 11.2. The van der Waals surface area contributed by atoms with Gasteiger partial charge in [0.05, 0.1) is 14.2 Å². The highest BCUT2D eigenvalue weighted by Gasteiger charge is 2.06. The number of carbonyl (C=O) groups is 1. The van der Waals surface area contributed by atoms with Gasteiger partial charge in [-0.25, -0.2) is 4.79 Å². The molecule has 4 nitrogen and oxygen atoms in total. The van der Waals surface area contributed by atoms with Gasteiger partial charge in [0.2, 0.25) is 0 Å². The zero-order valence-electron chi connectivity index (χ0n) is 11.9. The van der Waals surface area contributed by atoms with E-state index in [9.17, 15) is 4.79 Å². The number of aryl methyl sites for hydroxylation is 1. The highest BCUT2D eigenvalue weighted by Crippen LogP contribution is 2.28. The highest BCUT2D eigenvalue weighted by atomic mass is 16.5. The van der Waals surface area contributed by atoms with E-state index in [2.05, 4.69) is 11.7 Å². The van der Waals surface area contributed by atoms with E-state index in [1.165, 1.54) is 12.7 Å². The van der Waals surface area contributed by atoms with Gasteiger partial charge in [-0.05, 0) is 37.1 Å². The molecule has 0 saturated heterocycles. The van der Waals surface area contributed by atoms with Crippen molar-refractivity contribution in [1.29, 1.82) is 0 Å². The van der Waals surface area contributed by atoms with Crippen molar-refractivity contribution < 1.29 is 19.0 Å². The summed E-state index contributed by atoms with van der Waals surface area (Å²) in [6, 6.07) is 5.82. The van der Waals surface area contributed by atoms with Gasteiger partial charge in [0.15, 0.2) is 11.5 Å². The number of hydrogen-bond donors (Lipinski definition) is 0. The predicted molar refractivity (Wildman–Crippen MR) is 73.6 cm³/mol. The van der Waals surface area contributed by atoms with Crippen LogP contribution in [0.25, 0.3) is 0 Å². The summed E-state index contributed by atoms with van der Waals surface area (Å²) in [4.78, 5) is 11.2. The molecule has 1 aromatic carbocycles. The minimum Gasteiger partial charge on any atom is -0.493 e. The number of hydrogen-bond acceptors (Lipinski definition) is 4. The van der Waals surface area contributed by atoms with Crippen molar-refractivity contribution in [3.05, 3.63) is 35.4 Å². The van der Waals surface area contributed by atoms with Gasteiger partial charge < -0.3 is 14.2 Å². The van der Waals surface area contributed by atoms with Gasteiger partial charge in [0.25, 0.3) is 0 Å². The molecule has 0 heterocycles. The molecule has 0 unspecified atom stereocenters. The van der Waals surface area contributed by atoms with Crippen molar-refractivity contribution in [3.8, 4) is 11.5 Å². The Bertz CT molecular complexity index is 463. The van der Waals surface area contributed by atoms with E-state index >= 15 is 0 Å². The summed E-state index contributed by atoms with van der Waals surface area (Å²) in [5.41, 5.74) is 1.71. The van der Waals surface area contributed by atoms with Crippen molar-refractivity contribution in [1.82, 2.24) is 0 Å². The van der Waals surface area contributed by atoms with E-state index in [4.69, 9.17) is 9.47 Å². The number of esters is 1. The molecule has 104 valence electrons. The van der Waals surface area contributed by atoms with Gasteiger partial charge in [0.1, 0.15) is 6.61 Å². The molecular weight excluding hydrogens is 244 g/mol. The van der Waals surface area contributed by atoms with Crippen LogP contribution in [0.5, 0.6) is 11.5 Å². The molecule has 0 amide bonds. The third-order valence-corrected chi connectivity index (χ3v) is 2.77. The van der Waals surface area contributed by atoms with E-state index in [0.717, 1.165) is 6.42 Å². The first-order chi connectivity index (χ1) is 9.12. The summed E-state index contributed by atoms with van der Waals surface area (Å²) in [5, 5.41) is 0. The Kier molecular flexibility index (Phi) is 5.93. The zero-order valence-corrected chi connectivity index (χ0v) is 11.9. The van der Waals surface area contributed by atoms with Crippen molar-refractivity contribution in [3.63, 3.8) is 0 Å². The van der Waals surface area contributed by atoms with E-state index in [0.29, 0.717) is 23.7 Å². The van der Waals surface area contributed by atoms with Crippen molar-refractivity contribution in [2.75, 3.05) is 20.8 Å². The average molecular weight is 264 g/mol. The first-order valence-corrected chi connectivity index (χ1v) is 6.17. The Morgan fingerprint density at radius 1 is 1.26 bits per heavy atom. The van der Waals surface area contributed by atoms with Crippen LogP contribution in [0.2, 0.25) is 0 Å². The van der Waals surface area contributed by atoms with Crippen LogP contribution in [0.15, 0.2) is 29.8 Å². The summed E-state index contributed by atoms with van der Waals surface area (Å²) in [5.74, 6) is 1.01. The van der Waals surface area contributed by atoms with Crippen LogP contribution in [0.3, 0.4) is 0 Å². The topological polar surface area (TPSA) is 44.8 Å². The molecule has 1 aromatic rings. The Morgan fingerprint density at radius 3 is 2.58 bits per heavy atom. The summed E-state index contributed by atoms with van der Waals surface area (Å²) in [6.07, 6.45) is 2.62. The zero-order chi connectivity index (χ0) is 14.3. The van der Waals surface area contributed by atoms with E-state index in [1.54, 1.807) is 20.1 Å². The molecule has 0 aromatic heterocycles. The fourth-order valence-electron chi connectivity index (χ4n) is 1.55. The SMILES string of the molecule is CCc1ccc(OC/C=C(/C)C(=O)OC)c(OC)c1. The molecule has 0 aliphatic rings. The number of methoxy groups -OCH3 is 2. The molecule has 0 aliphatic heterocycles. The molecule has 0 atom stereocenters. The molecular formula is C15H20O4. The second kappa shape index (κ2) is 7.46. The monoisotopic (exact) mass is 264 g/mol. The molecule has 0 spiro atoms. The van der Waals surface area contributed by atoms with Gasteiger partial charge in [-0.2, -0.15) is 0 Å². The number of ether oxygens (including phenoxy) is 3. The van der Waals surface area contributed by atoms with Crippen molar-refractivity contribution in [2.24, 2.45) is 0 Å². The summed E-state index contributed by atoms with van der Waals surface area (Å²) in [7, 11) is 2.96. The lowest BCUT2D eigenvalue weighted by molar-refractivity contribution is -0.136. The molecule has 0 aliphatic carbocycles. The maximum absolute atomic E-state index is 11.2. The van der Waals surface area contributed by atoms with Gasteiger partial charge in [0, 0.05) is 5.57 Å². The molecule has 19 heavy (non-hydrogen) atoms. The fraction of sp³-hybridized carbons (Fsp3) is 0.400. The molecule has 0 bridgehead atoms. The normalized spacial score (nSPS) is 11.1. The molecule has 0 fully saturated rings. The average Bonchev–Trinajstić information content (AvgIpc) is 2.46. The lowest BCUT2D eigenvalue weighted by Gasteiger charge is -2.10. The second-order valence-corrected chi connectivity index (χ2v) is 4.03. The fourth-order valence-corrected chi connectivity index (χ4v) is 1.55. The molecule has 4 heteroatoms. The minimum absolute atomic E-state index is 0.294. The van der Waals surface area contributed by atoms with Crippen LogP contribution in [0.4, 0.5) is 0 Å². The smallest absolute Gasteiger partial charge is 0.333 e. The third kappa shape index (κ3) is 4.32. The van der Waals surface area contributed by atoms with Crippen LogP contribution < -0.4 is 9.47 Å². The van der Waals surface area contributed by atoms with Crippen LogP contribution >= 0.6 is 0 Å². The van der Waals surface area contributed by atoms with E-state index in [1.807, 2.05) is 18.2 Å². The van der Waals surface area contributed by atoms with Crippen LogP contribution in [0, 0.1) is 0 Å². The number of carbonyl (C=O) groups excluding carboxylic acids is 1. The largest absolute Gasteiger partial charge is 0.493 e. The minimum atomic E-state index is -0.350. The third-order valence-electron chi connectivity index (χ3n) is 2.77. The van der Waals surface area contributed by atoms with Crippen molar-refractivity contribution in [2.45, 2.75) is 20.3 Å². The van der Waals surface area contributed by atoms with Crippen molar-refractivity contribution >= 4 is 5.97 Å². The number of rotatable bonds is 6. The summed E-state index contributed by atoms with van der Waals surface area (Å²) >= 11 is 0. The molecule has 1 rings (SSSR count).